The highest BCUT2D eigenvalue weighted by Crippen LogP contribution is 2.31. The minimum atomic E-state index is 0.352. The van der Waals surface area contributed by atoms with Crippen LogP contribution >= 0.6 is 0 Å². The normalized spacial score (nSPS) is 14.2. The van der Waals surface area contributed by atoms with E-state index in [0.717, 1.165) is 49.2 Å². The van der Waals surface area contributed by atoms with Crippen LogP contribution in [0.4, 0.5) is 5.95 Å². The van der Waals surface area contributed by atoms with Gasteiger partial charge in [-0.3, -0.25) is 10.3 Å². The molecule has 7 nitrogen and oxygen atoms in total. The average molecular weight is 328 g/mol. The van der Waals surface area contributed by atoms with Gasteiger partial charge in [-0.05, 0) is 52.4 Å². The Labute approximate surface area is 142 Å². The fraction of sp³-hybridized carbons (Fsp3) is 0.471. The van der Waals surface area contributed by atoms with Crippen LogP contribution in [0.1, 0.15) is 24.1 Å². The summed E-state index contributed by atoms with van der Waals surface area (Å²) in [6.07, 6.45) is 7.41. The van der Waals surface area contributed by atoms with Gasteiger partial charge in [-0.25, -0.2) is 9.97 Å². The topological polar surface area (TPSA) is 92.6 Å². The first-order chi connectivity index (χ1) is 11.6. The van der Waals surface area contributed by atoms with Gasteiger partial charge in [0.2, 0.25) is 5.95 Å². The molecule has 1 aliphatic rings. The lowest BCUT2D eigenvalue weighted by atomic mass is 10.1. The molecule has 0 radical (unpaired) electrons. The number of fused-ring (bicyclic) bond motifs is 1. The third-order valence-corrected chi connectivity index (χ3v) is 4.01. The lowest BCUT2D eigenvalue weighted by Gasteiger charge is -2.10. The highest BCUT2D eigenvalue weighted by molar-refractivity contribution is 5.90. The van der Waals surface area contributed by atoms with E-state index in [-0.39, 0.29) is 0 Å². The molecule has 24 heavy (non-hydrogen) atoms. The fourth-order valence-electron chi connectivity index (χ4n) is 2.87. The van der Waals surface area contributed by atoms with Crippen molar-refractivity contribution in [1.29, 1.82) is 0 Å². The molecular formula is C17H24N6O. The summed E-state index contributed by atoms with van der Waals surface area (Å²) in [5, 5.41) is 3.02. The second-order valence-electron chi connectivity index (χ2n) is 6.24. The number of aliphatic imine (C=N–C) groups is 1. The molecule has 0 unspecified atom stereocenters. The Balaban J connectivity index is 1.74. The maximum atomic E-state index is 5.96. The van der Waals surface area contributed by atoms with Crippen molar-refractivity contribution < 1.29 is 4.42 Å². The molecule has 0 aliphatic heterocycles. The highest BCUT2D eigenvalue weighted by atomic mass is 16.3. The predicted octanol–water partition coefficient (Wildman–Crippen LogP) is 1.90. The highest BCUT2D eigenvalue weighted by Gasteiger charge is 2.21. The number of aromatic nitrogens is 2. The van der Waals surface area contributed by atoms with Crippen molar-refractivity contribution in [2.75, 3.05) is 32.5 Å². The van der Waals surface area contributed by atoms with Gasteiger partial charge in [-0.15, -0.1) is 0 Å². The summed E-state index contributed by atoms with van der Waals surface area (Å²) in [5.41, 5.74) is 10.2. The van der Waals surface area contributed by atoms with Crippen molar-refractivity contribution in [2.45, 2.75) is 25.7 Å². The van der Waals surface area contributed by atoms with Crippen LogP contribution in [0.3, 0.4) is 0 Å². The Hall–Kier alpha value is -2.41. The predicted molar refractivity (Wildman–Crippen MR) is 95.0 cm³/mol. The van der Waals surface area contributed by atoms with E-state index in [1.807, 2.05) is 20.2 Å². The van der Waals surface area contributed by atoms with Gasteiger partial charge in [0.1, 0.15) is 0 Å². The summed E-state index contributed by atoms with van der Waals surface area (Å²) in [5.74, 6) is 0.852. The summed E-state index contributed by atoms with van der Waals surface area (Å²) in [4.78, 5) is 15.7. The molecule has 0 bridgehead atoms. The zero-order valence-corrected chi connectivity index (χ0v) is 14.2. The van der Waals surface area contributed by atoms with Crippen LogP contribution in [0.25, 0.3) is 11.3 Å². The number of hydrogen-bond donors (Lipinski definition) is 2. The molecule has 0 saturated carbocycles. The van der Waals surface area contributed by atoms with Crippen molar-refractivity contribution in [2.24, 2.45) is 10.7 Å². The molecule has 128 valence electrons. The monoisotopic (exact) mass is 328 g/mol. The van der Waals surface area contributed by atoms with Crippen LogP contribution in [-0.2, 0) is 12.8 Å². The van der Waals surface area contributed by atoms with Gasteiger partial charge in [-0.1, -0.05) is 0 Å². The van der Waals surface area contributed by atoms with Crippen molar-refractivity contribution in [3.63, 3.8) is 0 Å². The van der Waals surface area contributed by atoms with Crippen molar-refractivity contribution in [3.05, 3.63) is 29.9 Å². The Morgan fingerprint density at radius 2 is 2.25 bits per heavy atom. The molecule has 2 heterocycles. The van der Waals surface area contributed by atoms with Crippen molar-refractivity contribution in [1.82, 2.24) is 14.9 Å². The molecule has 0 aromatic carbocycles. The van der Waals surface area contributed by atoms with Gasteiger partial charge in [0.15, 0.2) is 5.96 Å². The number of nitrogens with two attached hydrogens (primary N) is 1. The summed E-state index contributed by atoms with van der Waals surface area (Å²) >= 11 is 0. The van der Waals surface area contributed by atoms with E-state index >= 15 is 0 Å². The first-order valence-corrected chi connectivity index (χ1v) is 8.27. The molecule has 7 heteroatoms. The molecule has 3 N–H and O–H groups in total. The summed E-state index contributed by atoms with van der Waals surface area (Å²) in [6.45, 7) is 1.66. The molecule has 0 fully saturated rings. The standard InChI is InChI=1S/C17H24N6O/c1-23(2)9-4-8-19-16(18)22-17-20-14-6-3-5-13(14)15(21-17)12-7-10-24-11-12/h7,10-11H,3-6,8-9H2,1-2H3,(H3,18,19,20,21,22). The van der Waals surface area contributed by atoms with Gasteiger partial charge < -0.3 is 15.1 Å². The Kier molecular flexibility index (Phi) is 5.10. The summed E-state index contributed by atoms with van der Waals surface area (Å²) in [7, 11) is 4.09. The van der Waals surface area contributed by atoms with E-state index in [1.54, 1.807) is 12.5 Å². The van der Waals surface area contributed by atoms with Crippen LogP contribution in [0.5, 0.6) is 0 Å². The second kappa shape index (κ2) is 7.44. The van der Waals surface area contributed by atoms with Crippen LogP contribution in [0.2, 0.25) is 0 Å². The number of furan rings is 1. The molecule has 0 amide bonds. The van der Waals surface area contributed by atoms with Crippen LogP contribution < -0.4 is 11.1 Å². The minimum absolute atomic E-state index is 0.352. The van der Waals surface area contributed by atoms with E-state index in [0.29, 0.717) is 18.5 Å². The summed E-state index contributed by atoms with van der Waals surface area (Å²) < 4.78 is 5.20. The minimum Gasteiger partial charge on any atom is -0.472 e. The summed E-state index contributed by atoms with van der Waals surface area (Å²) in [6, 6.07) is 1.92. The zero-order chi connectivity index (χ0) is 16.9. The first-order valence-electron chi connectivity index (χ1n) is 8.27. The van der Waals surface area contributed by atoms with Crippen LogP contribution in [0, 0.1) is 0 Å². The van der Waals surface area contributed by atoms with Gasteiger partial charge >= 0.3 is 0 Å². The Bertz CT molecular complexity index is 708. The zero-order valence-electron chi connectivity index (χ0n) is 14.2. The largest absolute Gasteiger partial charge is 0.472 e. The number of hydrogen-bond acceptors (Lipinski definition) is 5. The average Bonchev–Trinajstić information content (AvgIpc) is 3.21. The molecular weight excluding hydrogens is 304 g/mol. The molecule has 3 rings (SSSR count). The van der Waals surface area contributed by atoms with Crippen LogP contribution in [-0.4, -0.2) is 48.0 Å². The van der Waals surface area contributed by atoms with E-state index in [2.05, 4.69) is 25.2 Å². The van der Waals surface area contributed by atoms with E-state index in [9.17, 15) is 0 Å². The number of nitrogens with zero attached hydrogens (tertiary/aromatic N) is 4. The lowest BCUT2D eigenvalue weighted by Crippen LogP contribution is -2.25. The first kappa shape index (κ1) is 16.4. The van der Waals surface area contributed by atoms with Gasteiger partial charge in [0, 0.05) is 23.4 Å². The van der Waals surface area contributed by atoms with Crippen molar-refractivity contribution >= 4 is 11.9 Å². The van der Waals surface area contributed by atoms with Gasteiger partial charge in [-0.2, -0.15) is 0 Å². The number of rotatable bonds is 6. The SMILES string of the molecule is CN(C)CCCN=C(N)Nc1nc2c(c(-c3ccoc3)n1)CCC2. The van der Waals surface area contributed by atoms with E-state index < -0.39 is 0 Å². The van der Waals surface area contributed by atoms with Crippen molar-refractivity contribution in [3.8, 4) is 11.3 Å². The molecule has 2 aromatic rings. The molecule has 0 atom stereocenters. The number of guanidine groups is 1. The van der Waals surface area contributed by atoms with E-state index in [4.69, 9.17) is 10.2 Å². The van der Waals surface area contributed by atoms with Gasteiger partial charge in [0.25, 0.3) is 0 Å². The van der Waals surface area contributed by atoms with Crippen LogP contribution in [0.15, 0.2) is 28.0 Å². The number of nitrogens with one attached hydrogen (secondary N) is 1. The third kappa shape index (κ3) is 3.91. The van der Waals surface area contributed by atoms with Gasteiger partial charge in [0.05, 0.1) is 18.2 Å². The second-order valence-corrected chi connectivity index (χ2v) is 6.24. The Morgan fingerprint density at radius 1 is 1.38 bits per heavy atom. The molecule has 0 saturated heterocycles. The third-order valence-electron chi connectivity index (χ3n) is 4.01. The quantitative estimate of drug-likeness (QED) is 0.478. The number of anilines is 1. The fourth-order valence-corrected chi connectivity index (χ4v) is 2.87. The Morgan fingerprint density at radius 3 is 3.00 bits per heavy atom. The maximum absolute atomic E-state index is 5.96. The maximum Gasteiger partial charge on any atom is 0.230 e. The lowest BCUT2D eigenvalue weighted by molar-refractivity contribution is 0.403. The molecule has 0 spiro atoms. The van der Waals surface area contributed by atoms with E-state index in [1.165, 1.54) is 5.56 Å². The molecule has 1 aliphatic carbocycles. The smallest absolute Gasteiger partial charge is 0.230 e. The molecule has 2 aromatic heterocycles. The number of aryl methyl sites for hydroxylation is 1.